The summed E-state index contributed by atoms with van der Waals surface area (Å²) in [5.41, 5.74) is 5.18. The number of alkyl halides is 1. The Kier molecular flexibility index (Phi) is 3.97. The number of hydrogen-bond donors (Lipinski definition) is 1. The van der Waals surface area contributed by atoms with Gasteiger partial charge in [-0.1, -0.05) is 6.42 Å². The lowest BCUT2D eigenvalue weighted by molar-refractivity contribution is 0.665. The standard InChI is InChI=1S/C10H14ClN3S/c11-6-9-7-15-10(12-9)14-13-8-4-2-1-3-5-8/h7H,1-6H2,(H,12,14). The van der Waals surface area contributed by atoms with E-state index in [0.717, 1.165) is 23.7 Å². The van der Waals surface area contributed by atoms with Crippen LogP contribution in [-0.2, 0) is 5.88 Å². The molecule has 2 rings (SSSR count). The van der Waals surface area contributed by atoms with Gasteiger partial charge in [-0.25, -0.2) is 4.98 Å². The molecule has 1 aliphatic rings. The molecule has 82 valence electrons. The van der Waals surface area contributed by atoms with Gasteiger partial charge in [0.05, 0.1) is 11.6 Å². The molecule has 1 fully saturated rings. The minimum Gasteiger partial charge on any atom is -0.253 e. The van der Waals surface area contributed by atoms with Crippen molar-refractivity contribution in [2.45, 2.75) is 38.0 Å². The molecule has 0 aromatic carbocycles. The van der Waals surface area contributed by atoms with E-state index < -0.39 is 0 Å². The second-order valence-electron chi connectivity index (χ2n) is 3.63. The molecule has 0 amide bonds. The second-order valence-corrected chi connectivity index (χ2v) is 4.75. The van der Waals surface area contributed by atoms with Crippen molar-refractivity contribution in [1.29, 1.82) is 0 Å². The van der Waals surface area contributed by atoms with Crippen molar-refractivity contribution in [3.8, 4) is 0 Å². The minimum atomic E-state index is 0.467. The number of thiazole rings is 1. The highest BCUT2D eigenvalue weighted by atomic mass is 35.5. The molecule has 0 unspecified atom stereocenters. The number of hydrogen-bond acceptors (Lipinski definition) is 4. The highest BCUT2D eigenvalue weighted by Gasteiger charge is 2.06. The second kappa shape index (κ2) is 5.47. The van der Waals surface area contributed by atoms with Crippen molar-refractivity contribution in [1.82, 2.24) is 4.98 Å². The van der Waals surface area contributed by atoms with Gasteiger partial charge in [0.25, 0.3) is 0 Å². The zero-order chi connectivity index (χ0) is 10.5. The van der Waals surface area contributed by atoms with Gasteiger partial charge in [0.15, 0.2) is 0 Å². The summed E-state index contributed by atoms with van der Waals surface area (Å²) in [5, 5.41) is 7.16. The Balaban J connectivity index is 1.90. The third-order valence-corrected chi connectivity index (χ3v) is 3.50. The zero-order valence-corrected chi connectivity index (χ0v) is 10.1. The molecule has 0 spiro atoms. The molecule has 1 saturated carbocycles. The zero-order valence-electron chi connectivity index (χ0n) is 8.50. The number of anilines is 1. The van der Waals surface area contributed by atoms with E-state index in [2.05, 4.69) is 15.5 Å². The number of nitrogens with one attached hydrogen (secondary N) is 1. The molecule has 5 heteroatoms. The summed E-state index contributed by atoms with van der Waals surface area (Å²) in [6, 6.07) is 0. The minimum absolute atomic E-state index is 0.467. The van der Waals surface area contributed by atoms with Crippen molar-refractivity contribution >= 4 is 33.8 Å². The van der Waals surface area contributed by atoms with Crippen LogP contribution in [0, 0.1) is 0 Å². The average Bonchev–Trinajstić information content (AvgIpc) is 2.76. The van der Waals surface area contributed by atoms with Crippen LogP contribution in [0.4, 0.5) is 5.13 Å². The summed E-state index contributed by atoms with van der Waals surface area (Å²) < 4.78 is 0. The average molecular weight is 244 g/mol. The van der Waals surface area contributed by atoms with Crippen molar-refractivity contribution in [2.75, 3.05) is 5.43 Å². The third-order valence-electron chi connectivity index (χ3n) is 2.43. The van der Waals surface area contributed by atoms with E-state index in [1.165, 1.54) is 25.0 Å². The van der Waals surface area contributed by atoms with Gasteiger partial charge in [0, 0.05) is 11.1 Å². The number of nitrogens with zero attached hydrogens (tertiary/aromatic N) is 2. The molecule has 15 heavy (non-hydrogen) atoms. The van der Waals surface area contributed by atoms with Gasteiger partial charge in [-0.05, 0) is 25.7 Å². The van der Waals surface area contributed by atoms with Crippen LogP contribution >= 0.6 is 22.9 Å². The van der Waals surface area contributed by atoms with Crippen LogP contribution < -0.4 is 5.43 Å². The smallest absolute Gasteiger partial charge is 0.203 e. The maximum absolute atomic E-state index is 5.67. The number of halogens is 1. The van der Waals surface area contributed by atoms with Crippen molar-refractivity contribution in [2.24, 2.45) is 5.10 Å². The Morgan fingerprint density at radius 1 is 1.40 bits per heavy atom. The Morgan fingerprint density at radius 2 is 2.20 bits per heavy atom. The van der Waals surface area contributed by atoms with E-state index in [-0.39, 0.29) is 0 Å². The fraction of sp³-hybridized carbons (Fsp3) is 0.600. The predicted molar refractivity (Wildman–Crippen MR) is 65.8 cm³/mol. The van der Waals surface area contributed by atoms with Gasteiger partial charge in [0.1, 0.15) is 0 Å². The molecule has 0 radical (unpaired) electrons. The molecule has 1 aromatic rings. The van der Waals surface area contributed by atoms with Gasteiger partial charge in [-0.2, -0.15) is 5.10 Å². The van der Waals surface area contributed by atoms with Crippen LogP contribution in [0.25, 0.3) is 0 Å². The summed E-state index contributed by atoms with van der Waals surface area (Å²) in [6.45, 7) is 0. The van der Waals surface area contributed by atoms with Crippen LogP contribution in [0.3, 0.4) is 0 Å². The van der Waals surface area contributed by atoms with Gasteiger partial charge >= 0.3 is 0 Å². The molecule has 0 aliphatic heterocycles. The highest BCUT2D eigenvalue weighted by Crippen LogP contribution is 2.18. The van der Waals surface area contributed by atoms with Gasteiger partial charge in [-0.3, -0.25) is 5.43 Å². The maximum atomic E-state index is 5.67. The van der Waals surface area contributed by atoms with E-state index in [1.54, 1.807) is 11.3 Å². The summed E-state index contributed by atoms with van der Waals surface area (Å²) in [6.07, 6.45) is 6.13. The summed E-state index contributed by atoms with van der Waals surface area (Å²) >= 11 is 7.22. The largest absolute Gasteiger partial charge is 0.253 e. The fourth-order valence-corrected chi connectivity index (χ4v) is 2.50. The topological polar surface area (TPSA) is 37.3 Å². The number of hydrazone groups is 1. The van der Waals surface area contributed by atoms with E-state index in [1.807, 2.05) is 5.38 Å². The molecule has 1 heterocycles. The SMILES string of the molecule is ClCc1csc(NN=C2CCCCC2)n1. The Labute approximate surface area is 98.6 Å². The van der Waals surface area contributed by atoms with Gasteiger partial charge in [0.2, 0.25) is 5.13 Å². The third kappa shape index (κ3) is 3.18. The summed E-state index contributed by atoms with van der Waals surface area (Å²) in [4.78, 5) is 4.28. The quantitative estimate of drug-likeness (QED) is 0.651. The van der Waals surface area contributed by atoms with Crippen LogP contribution in [0.2, 0.25) is 0 Å². The lowest BCUT2D eigenvalue weighted by atomic mass is 9.99. The van der Waals surface area contributed by atoms with Gasteiger partial charge < -0.3 is 0 Å². The Morgan fingerprint density at radius 3 is 2.87 bits per heavy atom. The summed E-state index contributed by atoms with van der Waals surface area (Å²) in [5.74, 6) is 0.467. The normalized spacial score (nSPS) is 16.5. The molecule has 0 saturated heterocycles. The van der Waals surface area contributed by atoms with Crippen molar-refractivity contribution in [3.05, 3.63) is 11.1 Å². The molecule has 1 aromatic heterocycles. The van der Waals surface area contributed by atoms with Crippen molar-refractivity contribution < 1.29 is 0 Å². The first-order valence-electron chi connectivity index (χ1n) is 5.20. The van der Waals surface area contributed by atoms with Crippen LogP contribution in [0.1, 0.15) is 37.8 Å². The molecule has 0 bridgehead atoms. The first-order valence-corrected chi connectivity index (χ1v) is 6.62. The molecule has 1 N–H and O–H groups in total. The predicted octanol–water partition coefficient (Wildman–Crippen LogP) is 3.61. The van der Waals surface area contributed by atoms with Crippen molar-refractivity contribution in [3.63, 3.8) is 0 Å². The first-order chi connectivity index (χ1) is 7.38. The van der Waals surface area contributed by atoms with Crippen LogP contribution in [-0.4, -0.2) is 10.7 Å². The lowest BCUT2D eigenvalue weighted by Gasteiger charge is -2.11. The van der Waals surface area contributed by atoms with E-state index >= 15 is 0 Å². The first kappa shape index (κ1) is 10.9. The number of aromatic nitrogens is 1. The fourth-order valence-electron chi connectivity index (χ4n) is 1.62. The van der Waals surface area contributed by atoms with E-state index in [0.29, 0.717) is 5.88 Å². The van der Waals surface area contributed by atoms with Crippen LogP contribution in [0.15, 0.2) is 10.5 Å². The van der Waals surface area contributed by atoms with E-state index in [9.17, 15) is 0 Å². The number of rotatable bonds is 3. The van der Waals surface area contributed by atoms with Crippen LogP contribution in [0.5, 0.6) is 0 Å². The Bertz CT molecular complexity index is 340. The molecular formula is C10H14ClN3S. The summed E-state index contributed by atoms with van der Waals surface area (Å²) in [7, 11) is 0. The molecule has 1 aliphatic carbocycles. The monoisotopic (exact) mass is 243 g/mol. The highest BCUT2D eigenvalue weighted by molar-refractivity contribution is 7.13. The molecular weight excluding hydrogens is 230 g/mol. The maximum Gasteiger partial charge on any atom is 0.203 e. The molecule has 3 nitrogen and oxygen atoms in total. The van der Waals surface area contributed by atoms with E-state index in [4.69, 9.17) is 11.6 Å². The van der Waals surface area contributed by atoms with Gasteiger partial charge in [-0.15, -0.1) is 22.9 Å². The molecule has 0 atom stereocenters. The lowest BCUT2D eigenvalue weighted by Crippen LogP contribution is -2.07. The Hall–Kier alpha value is -0.610.